The van der Waals surface area contributed by atoms with Crippen LogP contribution in [0.4, 0.5) is 4.39 Å². The average molecular weight is 424 g/mol. The van der Waals surface area contributed by atoms with Gasteiger partial charge in [-0.3, -0.25) is 4.52 Å². The maximum absolute atomic E-state index is 14.2. The third-order valence-corrected chi connectivity index (χ3v) is 4.64. The van der Waals surface area contributed by atoms with Crippen LogP contribution in [-0.2, 0) is 23.3 Å². The van der Waals surface area contributed by atoms with Gasteiger partial charge in [-0.25, -0.2) is 8.96 Å². The maximum Gasteiger partial charge on any atom is 0.469 e. The molecule has 2 aliphatic rings. The number of halogens is 1. The van der Waals surface area contributed by atoms with Crippen molar-refractivity contribution >= 4 is 7.82 Å². The first-order chi connectivity index (χ1) is 12.5. The number of phosphoric acid groups is 1. The summed E-state index contributed by atoms with van der Waals surface area (Å²) in [5, 5.41) is 57.8. The molecule has 0 spiro atoms. The van der Waals surface area contributed by atoms with Gasteiger partial charge in [0.2, 0.25) is 0 Å². The quantitative estimate of drug-likeness (QED) is 0.190. The highest BCUT2D eigenvalue weighted by molar-refractivity contribution is 7.46. The van der Waals surface area contributed by atoms with Gasteiger partial charge in [-0.15, -0.1) is 0 Å². The van der Waals surface area contributed by atoms with Crippen LogP contribution in [0.25, 0.3) is 0 Å². The van der Waals surface area contributed by atoms with Crippen molar-refractivity contribution in [3.63, 3.8) is 0 Å². The molecule has 0 saturated carbocycles. The Bertz CT molecular complexity index is 531. The van der Waals surface area contributed by atoms with Crippen LogP contribution in [0.5, 0.6) is 0 Å². The van der Waals surface area contributed by atoms with Gasteiger partial charge in [0.05, 0.1) is 13.2 Å². The van der Waals surface area contributed by atoms with Gasteiger partial charge in [-0.05, 0) is 0 Å². The Balaban J connectivity index is 2.08. The first-order valence-electron chi connectivity index (χ1n) is 7.78. The number of alkyl halides is 1. The molecule has 0 amide bonds. The number of hydrogen-bond acceptors (Lipinski definition) is 11. The van der Waals surface area contributed by atoms with Gasteiger partial charge >= 0.3 is 7.82 Å². The summed E-state index contributed by atoms with van der Waals surface area (Å²) < 4.78 is 44.1. The number of ether oxygens (including phenoxy) is 3. The summed E-state index contributed by atoms with van der Waals surface area (Å²) in [5.41, 5.74) is 0. The topological polar surface area (TPSA) is 216 Å². The lowest BCUT2D eigenvalue weighted by Crippen LogP contribution is -2.63. The van der Waals surface area contributed by atoms with Gasteiger partial charge in [0.25, 0.3) is 0 Å². The second kappa shape index (κ2) is 9.00. The lowest BCUT2D eigenvalue weighted by molar-refractivity contribution is -0.370. The van der Waals surface area contributed by atoms with Crippen LogP contribution >= 0.6 is 7.82 Å². The lowest BCUT2D eigenvalue weighted by atomic mass is 9.98. The minimum Gasteiger partial charge on any atom is -0.394 e. The predicted molar refractivity (Wildman–Crippen MR) is 78.4 cm³/mol. The van der Waals surface area contributed by atoms with Crippen molar-refractivity contribution in [1.82, 2.24) is 0 Å². The van der Waals surface area contributed by atoms with Crippen molar-refractivity contribution in [1.29, 1.82) is 0 Å². The summed E-state index contributed by atoms with van der Waals surface area (Å²) in [6.07, 6.45) is -18.5. The lowest BCUT2D eigenvalue weighted by Gasteiger charge is -2.44. The van der Waals surface area contributed by atoms with E-state index in [4.69, 9.17) is 29.1 Å². The minimum absolute atomic E-state index is 0.768. The zero-order chi connectivity index (χ0) is 20.5. The fourth-order valence-corrected chi connectivity index (χ4v) is 2.97. The molecule has 0 aromatic heterocycles. The van der Waals surface area contributed by atoms with E-state index >= 15 is 0 Å². The highest BCUT2D eigenvalue weighted by Gasteiger charge is 2.50. The smallest absolute Gasteiger partial charge is 0.394 e. The zero-order valence-corrected chi connectivity index (χ0v) is 14.5. The highest BCUT2D eigenvalue weighted by Crippen LogP contribution is 2.37. The van der Waals surface area contributed by atoms with Crippen LogP contribution in [0.3, 0.4) is 0 Å². The Morgan fingerprint density at radius 2 is 1.41 bits per heavy atom. The second-order valence-electron chi connectivity index (χ2n) is 6.09. The van der Waals surface area contributed by atoms with E-state index in [1.807, 2.05) is 0 Å². The molecule has 2 fully saturated rings. The van der Waals surface area contributed by atoms with E-state index in [9.17, 15) is 34.5 Å². The van der Waals surface area contributed by atoms with E-state index in [2.05, 4.69) is 4.52 Å². The van der Waals surface area contributed by atoms with Crippen LogP contribution in [-0.4, -0.2) is 115 Å². The van der Waals surface area contributed by atoms with Crippen LogP contribution in [0, 0.1) is 0 Å². The molecular weight excluding hydrogens is 402 g/mol. The molecule has 2 heterocycles. The van der Waals surface area contributed by atoms with Gasteiger partial charge in [0.15, 0.2) is 18.8 Å². The van der Waals surface area contributed by atoms with E-state index in [1.165, 1.54) is 0 Å². The van der Waals surface area contributed by atoms with Crippen molar-refractivity contribution in [3.05, 3.63) is 0 Å². The van der Waals surface area contributed by atoms with Crippen molar-refractivity contribution in [2.45, 2.75) is 61.5 Å². The third kappa shape index (κ3) is 5.39. The van der Waals surface area contributed by atoms with Crippen molar-refractivity contribution in [3.8, 4) is 0 Å². The predicted octanol–water partition coefficient (Wildman–Crippen LogP) is -4.30. The normalized spacial score (nSPS) is 46.4. The molecule has 15 heteroatoms. The van der Waals surface area contributed by atoms with Gasteiger partial charge in [-0.1, -0.05) is 0 Å². The summed E-state index contributed by atoms with van der Waals surface area (Å²) in [6, 6.07) is 0. The summed E-state index contributed by atoms with van der Waals surface area (Å²) >= 11 is 0. The van der Waals surface area contributed by atoms with Crippen molar-refractivity contribution < 1.29 is 68.1 Å². The number of aliphatic hydroxyl groups excluding tert-OH is 6. The Morgan fingerprint density at radius 1 is 0.852 bits per heavy atom. The van der Waals surface area contributed by atoms with Crippen LogP contribution in [0.1, 0.15) is 0 Å². The van der Waals surface area contributed by atoms with E-state index < -0.39 is 82.5 Å². The largest absolute Gasteiger partial charge is 0.469 e. The van der Waals surface area contributed by atoms with Crippen LogP contribution < -0.4 is 0 Å². The first kappa shape index (κ1) is 23.0. The molecule has 0 aromatic rings. The molecule has 0 unspecified atom stereocenters. The van der Waals surface area contributed by atoms with E-state index in [-0.39, 0.29) is 0 Å². The van der Waals surface area contributed by atoms with Gasteiger partial charge < -0.3 is 54.6 Å². The fourth-order valence-electron chi connectivity index (χ4n) is 2.62. The monoisotopic (exact) mass is 424 g/mol. The van der Waals surface area contributed by atoms with Crippen LogP contribution in [0.15, 0.2) is 0 Å². The molecule has 13 nitrogen and oxygen atoms in total. The number of aliphatic hydroxyl groups is 6. The van der Waals surface area contributed by atoms with Crippen LogP contribution in [0.2, 0.25) is 0 Å². The Hall–Kier alpha value is -0.320. The first-order valence-corrected chi connectivity index (χ1v) is 9.31. The standard InChI is InChI=1S/C12H22FO13P/c13-5-8(17)7(16)4(2-23-27(20,21)22)25-11(5)26-12-10(19)9(18)6(15)3(1-14)24-12/h3-12,14-19H,1-2H2,(H2,20,21,22)/t3-,4-,5-,6-,7-,8-,9+,10-,11-,12-/m1/s1. The minimum atomic E-state index is -4.95. The van der Waals surface area contributed by atoms with Gasteiger partial charge in [-0.2, -0.15) is 0 Å². The highest BCUT2D eigenvalue weighted by atomic mass is 31.2. The molecule has 27 heavy (non-hydrogen) atoms. The molecule has 10 atom stereocenters. The molecule has 160 valence electrons. The van der Waals surface area contributed by atoms with E-state index in [0.717, 1.165) is 0 Å². The molecular formula is C12H22FO13P. The molecule has 0 aromatic carbocycles. The van der Waals surface area contributed by atoms with Crippen molar-refractivity contribution in [2.24, 2.45) is 0 Å². The maximum atomic E-state index is 14.2. The van der Waals surface area contributed by atoms with E-state index in [0.29, 0.717) is 0 Å². The Kier molecular flexibility index (Phi) is 7.66. The molecule has 2 rings (SSSR count). The number of rotatable bonds is 6. The second-order valence-corrected chi connectivity index (χ2v) is 7.33. The molecule has 8 N–H and O–H groups in total. The number of hydrogen-bond donors (Lipinski definition) is 8. The summed E-state index contributed by atoms with van der Waals surface area (Å²) in [5.74, 6) is 0. The molecule has 0 bridgehead atoms. The SMILES string of the molecule is O=P(O)(O)OC[C@H]1O[C@H](O[C@H]2O[C@H](CO)[C@@H](O)[C@H](O)[C@H]2O)[C@H](F)[C@@H](O)[C@@H]1O. The molecule has 2 saturated heterocycles. The Labute approximate surface area is 151 Å². The summed E-state index contributed by atoms with van der Waals surface area (Å²) in [6.45, 7) is -1.70. The fraction of sp³-hybridized carbons (Fsp3) is 1.00. The third-order valence-electron chi connectivity index (χ3n) is 4.15. The van der Waals surface area contributed by atoms with Gasteiger partial charge in [0, 0.05) is 0 Å². The molecule has 2 aliphatic heterocycles. The Morgan fingerprint density at radius 3 is 1.96 bits per heavy atom. The molecule has 0 radical (unpaired) electrons. The summed E-state index contributed by atoms with van der Waals surface area (Å²) in [4.78, 5) is 17.4. The molecule has 0 aliphatic carbocycles. The average Bonchev–Trinajstić information content (AvgIpc) is 2.60. The zero-order valence-electron chi connectivity index (χ0n) is 13.6. The summed E-state index contributed by atoms with van der Waals surface area (Å²) in [7, 11) is -4.95. The van der Waals surface area contributed by atoms with Gasteiger partial charge in [0.1, 0.15) is 42.7 Å². The van der Waals surface area contributed by atoms with Crippen molar-refractivity contribution in [2.75, 3.05) is 13.2 Å². The number of phosphoric ester groups is 1. The van der Waals surface area contributed by atoms with E-state index in [1.54, 1.807) is 0 Å².